The van der Waals surface area contributed by atoms with Gasteiger partial charge in [0.15, 0.2) is 5.11 Å². The lowest BCUT2D eigenvalue weighted by molar-refractivity contribution is 0.224. The van der Waals surface area contributed by atoms with Crippen LogP contribution in [0, 0.1) is 17.7 Å². The summed E-state index contributed by atoms with van der Waals surface area (Å²) in [5.41, 5.74) is 1.03. The van der Waals surface area contributed by atoms with Crippen LogP contribution in [0.15, 0.2) is 24.3 Å². The van der Waals surface area contributed by atoms with Crippen LogP contribution in [0.4, 0.5) is 4.39 Å². The summed E-state index contributed by atoms with van der Waals surface area (Å²) in [5.74, 6) is 1.19. The van der Waals surface area contributed by atoms with Crippen molar-refractivity contribution in [3.05, 3.63) is 35.6 Å². The van der Waals surface area contributed by atoms with E-state index in [9.17, 15) is 4.39 Å². The second-order valence-corrected chi connectivity index (χ2v) is 6.24. The lowest BCUT2D eigenvalue weighted by Gasteiger charge is -2.35. The van der Waals surface area contributed by atoms with Crippen molar-refractivity contribution < 1.29 is 4.39 Å². The molecule has 4 heteroatoms. The van der Waals surface area contributed by atoms with Crippen molar-refractivity contribution in [1.82, 2.24) is 10.6 Å². The summed E-state index contributed by atoms with van der Waals surface area (Å²) >= 11 is 5.36. The molecule has 1 aromatic carbocycles. The first kappa shape index (κ1) is 15.2. The quantitative estimate of drug-likeness (QED) is 0.833. The van der Waals surface area contributed by atoms with Gasteiger partial charge < -0.3 is 10.6 Å². The minimum Gasteiger partial charge on any atom is -0.360 e. The van der Waals surface area contributed by atoms with Crippen LogP contribution in [0.3, 0.4) is 0 Å². The Morgan fingerprint density at radius 3 is 2.65 bits per heavy atom. The molecule has 0 aromatic heterocycles. The van der Waals surface area contributed by atoms with Gasteiger partial charge in [-0.25, -0.2) is 4.39 Å². The molecule has 2 rings (SSSR count). The van der Waals surface area contributed by atoms with Crippen molar-refractivity contribution in [1.29, 1.82) is 0 Å². The van der Waals surface area contributed by atoms with E-state index in [-0.39, 0.29) is 5.82 Å². The van der Waals surface area contributed by atoms with Crippen molar-refractivity contribution in [2.45, 2.75) is 45.7 Å². The molecular weight excluding hydrogens is 271 g/mol. The maximum Gasteiger partial charge on any atom is 0.166 e. The highest BCUT2D eigenvalue weighted by atomic mass is 32.1. The number of benzene rings is 1. The van der Waals surface area contributed by atoms with E-state index >= 15 is 0 Å². The van der Waals surface area contributed by atoms with Gasteiger partial charge in [0.25, 0.3) is 0 Å². The Morgan fingerprint density at radius 1 is 1.25 bits per heavy atom. The van der Waals surface area contributed by atoms with Crippen LogP contribution < -0.4 is 10.6 Å². The average Bonchev–Trinajstić information content (AvgIpc) is 2.43. The largest absolute Gasteiger partial charge is 0.360 e. The van der Waals surface area contributed by atoms with Crippen LogP contribution in [0.1, 0.15) is 38.7 Å². The molecule has 0 bridgehead atoms. The molecule has 3 atom stereocenters. The molecule has 0 heterocycles. The Balaban J connectivity index is 1.79. The summed E-state index contributed by atoms with van der Waals surface area (Å²) in [7, 11) is 0. The fourth-order valence-corrected chi connectivity index (χ4v) is 3.01. The Kier molecular flexibility index (Phi) is 5.35. The van der Waals surface area contributed by atoms with Crippen molar-refractivity contribution in [3.63, 3.8) is 0 Å². The average molecular weight is 294 g/mol. The number of rotatable bonds is 3. The van der Waals surface area contributed by atoms with E-state index in [0.717, 1.165) is 11.5 Å². The van der Waals surface area contributed by atoms with Gasteiger partial charge in [-0.1, -0.05) is 38.8 Å². The van der Waals surface area contributed by atoms with Gasteiger partial charge in [0.1, 0.15) is 5.82 Å². The Labute approximate surface area is 126 Å². The van der Waals surface area contributed by atoms with Gasteiger partial charge in [0.2, 0.25) is 0 Å². The summed E-state index contributed by atoms with van der Waals surface area (Å²) in [4.78, 5) is 0. The van der Waals surface area contributed by atoms with Crippen LogP contribution in [-0.2, 0) is 6.54 Å². The lowest BCUT2D eigenvalue weighted by Crippen LogP contribution is -2.47. The van der Waals surface area contributed by atoms with E-state index in [2.05, 4.69) is 24.5 Å². The summed E-state index contributed by atoms with van der Waals surface area (Å²) < 4.78 is 12.8. The van der Waals surface area contributed by atoms with E-state index in [1.807, 2.05) is 0 Å². The van der Waals surface area contributed by atoms with Gasteiger partial charge in [0, 0.05) is 12.6 Å². The lowest BCUT2D eigenvalue weighted by atomic mass is 9.78. The molecular formula is C16H23FN2S. The minimum atomic E-state index is -0.209. The van der Waals surface area contributed by atoms with Gasteiger partial charge in [0.05, 0.1) is 0 Å². The summed E-state index contributed by atoms with van der Waals surface area (Å²) in [6, 6.07) is 6.95. The second kappa shape index (κ2) is 7.02. The Morgan fingerprint density at radius 2 is 1.95 bits per heavy atom. The molecule has 1 fully saturated rings. The fourth-order valence-electron chi connectivity index (χ4n) is 2.79. The first-order valence-corrected chi connectivity index (χ1v) is 7.76. The van der Waals surface area contributed by atoms with Crippen LogP contribution in [-0.4, -0.2) is 11.2 Å². The molecule has 2 N–H and O–H groups in total. The maximum absolute atomic E-state index is 12.8. The Hall–Kier alpha value is -1.16. The Bertz CT molecular complexity index is 446. The molecule has 0 unspecified atom stereocenters. The first-order chi connectivity index (χ1) is 9.56. The van der Waals surface area contributed by atoms with E-state index in [1.54, 1.807) is 12.1 Å². The van der Waals surface area contributed by atoms with Gasteiger partial charge in [-0.3, -0.25) is 0 Å². The van der Waals surface area contributed by atoms with Crippen molar-refractivity contribution in [3.8, 4) is 0 Å². The monoisotopic (exact) mass is 294 g/mol. The molecule has 2 nitrogen and oxygen atoms in total. The summed E-state index contributed by atoms with van der Waals surface area (Å²) in [6.45, 7) is 5.24. The smallest absolute Gasteiger partial charge is 0.166 e. The summed E-state index contributed by atoms with van der Waals surface area (Å²) in [6.07, 6.45) is 3.77. The van der Waals surface area contributed by atoms with Crippen LogP contribution in [0.5, 0.6) is 0 Å². The zero-order chi connectivity index (χ0) is 14.5. The zero-order valence-corrected chi connectivity index (χ0v) is 13.0. The third-order valence-electron chi connectivity index (χ3n) is 4.39. The topological polar surface area (TPSA) is 24.1 Å². The van der Waals surface area contributed by atoms with Crippen molar-refractivity contribution in [2.75, 3.05) is 0 Å². The molecule has 0 spiro atoms. The minimum absolute atomic E-state index is 0.209. The number of nitrogens with one attached hydrogen (secondary N) is 2. The van der Waals surface area contributed by atoms with Gasteiger partial charge in [-0.15, -0.1) is 0 Å². The first-order valence-electron chi connectivity index (χ1n) is 7.35. The van der Waals surface area contributed by atoms with Crippen LogP contribution in [0.25, 0.3) is 0 Å². The normalized spacial score (nSPS) is 26.1. The van der Waals surface area contributed by atoms with Gasteiger partial charge in [-0.2, -0.15) is 0 Å². The highest BCUT2D eigenvalue weighted by Crippen LogP contribution is 2.29. The standard InChI is InChI=1S/C16H23FN2S/c1-11-4-3-5-15(12(11)2)19-16(20)18-10-13-6-8-14(17)9-7-13/h6-9,11-12,15H,3-5,10H2,1-2H3,(H2,18,19,20)/t11-,12+,15+/m0/s1. The number of halogens is 1. The second-order valence-electron chi connectivity index (χ2n) is 5.83. The SMILES string of the molecule is C[C@@H]1[C@@H](C)CCC[C@H]1NC(=S)NCc1ccc(F)cc1. The highest BCUT2D eigenvalue weighted by molar-refractivity contribution is 7.80. The van der Waals surface area contributed by atoms with E-state index < -0.39 is 0 Å². The van der Waals surface area contributed by atoms with Crippen molar-refractivity contribution >= 4 is 17.3 Å². The third kappa shape index (κ3) is 4.17. The molecule has 0 saturated heterocycles. The van der Waals surface area contributed by atoms with Crippen LogP contribution in [0.2, 0.25) is 0 Å². The molecule has 1 aliphatic rings. The predicted molar refractivity (Wildman–Crippen MR) is 84.9 cm³/mol. The third-order valence-corrected chi connectivity index (χ3v) is 4.65. The number of thiocarbonyl (C=S) groups is 1. The molecule has 110 valence electrons. The molecule has 0 aliphatic heterocycles. The van der Waals surface area contributed by atoms with Gasteiger partial charge >= 0.3 is 0 Å². The molecule has 20 heavy (non-hydrogen) atoms. The zero-order valence-electron chi connectivity index (χ0n) is 12.2. The predicted octanol–water partition coefficient (Wildman–Crippen LogP) is 3.61. The molecule has 0 radical (unpaired) electrons. The molecule has 0 amide bonds. The van der Waals surface area contributed by atoms with Gasteiger partial charge in [-0.05, 0) is 48.2 Å². The van der Waals surface area contributed by atoms with E-state index in [1.165, 1.54) is 31.4 Å². The molecule has 1 aromatic rings. The number of hydrogen-bond donors (Lipinski definition) is 2. The van der Waals surface area contributed by atoms with Crippen LogP contribution >= 0.6 is 12.2 Å². The van der Waals surface area contributed by atoms with E-state index in [0.29, 0.717) is 23.6 Å². The summed E-state index contributed by atoms with van der Waals surface area (Å²) in [5, 5.41) is 7.32. The highest BCUT2D eigenvalue weighted by Gasteiger charge is 2.27. The van der Waals surface area contributed by atoms with Crippen molar-refractivity contribution in [2.24, 2.45) is 11.8 Å². The molecule has 1 saturated carbocycles. The number of hydrogen-bond acceptors (Lipinski definition) is 1. The van der Waals surface area contributed by atoms with E-state index in [4.69, 9.17) is 12.2 Å². The molecule has 1 aliphatic carbocycles. The maximum atomic E-state index is 12.8. The fraction of sp³-hybridized carbons (Fsp3) is 0.562.